The van der Waals surface area contributed by atoms with Gasteiger partial charge in [0.1, 0.15) is 5.78 Å². The van der Waals surface area contributed by atoms with E-state index in [2.05, 4.69) is 17.0 Å². The molecule has 1 aliphatic heterocycles. The van der Waals surface area contributed by atoms with E-state index < -0.39 is 6.10 Å². The van der Waals surface area contributed by atoms with E-state index in [0.29, 0.717) is 36.3 Å². The average molecular weight is 391 g/mol. The Morgan fingerprint density at radius 1 is 1.26 bits per heavy atom. The number of likely N-dealkylation sites (tertiary alicyclic amines) is 1. The number of nitrogens with two attached hydrogens (primary N) is 1. The number of thioether (sulfide) groups is 1. The zero-order chi connectivity index (χ0) is 19.2. The number of Topliss-reactive ketones (excluding diaryl/α,β-unsaturated/α-hetero) is 1. The SMILES string of the molecule is CCC(=O)[C@@H]1C[C@@H]2CCCC[C@@H]2CN1C[C@@H](O)[C@@H](N)CSc1ccccc1. The number of carbonyl (C=O) groups excluding carboxylic acids is 1. The Bertz CT molecular complexity index is 597. The van der Waals surface area contributed by atoms with Crippen molar-refractivity contribution in [3.8, 4) is 0 Å². The summed E-state index contributed by atoms with van der Waals surface area (Å²) >= 11 is 1.68. The van der Waals surface area contributed by atoms with Crippen molar-refractivity contribution in [2.45, 2.75) is 68.5 Å². The highest BCUT2D eigenvalue weighted by Gasteiger charge is 2.40. The zero-order valence-electron chi connectivity index (χ0n) is 16.4. The lowest BCUT2D eigenvalue weighted by atomic mass is 9.72. The van der Waals surface area contributed by atoms with E-state index in [1.165, 1.54) is 30.6 Å². The average Bonchev–Trinajstić information content (AvgIpc) is 2.71. The predicted octanol–water partition coefficient (Wildman–Crippen LogP) is 3.33. The van der Waals surface area contributed by atoms with Crippen molar-refractivity contribution in [3.63, 3.8) is 0 Å². The van der Waals surface area contributed by atoms with Gasteiger partial charge in [0.15, 0.2) is 0 Å². The quantitative estimate of drug-likeness (QED) is 0.667. The molecule has 0 aromatic heterocycles. The number of rotatable bonds is 8. The lowest BCUT2D eigenvalue weighted by Gasteiger charge is -2.46. The third-order valence-electron chi connectivity index (χ3n) is 6.32. The Labute approximate surface area is 167 Å². The Morgan fingerprint density at radius 3 is 2.67 bits per heavy atom. The normalized spacial score (nSPS) is 28.3. The number of ketones is 1. The molecule has 0 spiro atoms. The van der Waals surface area contributed by atoms with Gasteiger partial charge in [-0.1, -0.05) is 44.4 Å². The number of fused-ring (bicyclic) bond motifs is 1. The highest BCUT2D eigenvalue weighted by molar-refractivity contribution is 7.99. The number of hydrogen-bond acceptors (Lipinski definition) is 5. The van der Waals surface area contributed by atoms with Crippen molar-refractivity contribution in [2.24, 2.45) is 17.6 Å². The van der Waals surface area contributed by atoms with E-state index in [4.69, 9.17) is 5.73 Å². The molecule has 1 aromatic rings. The standard InChI is InChI=1S/C22H34N2O2S/c1-2-21(25)20-12-16-8-6-7-9-17(16)13-24(20)14-22(26)19(23)15-27-18-10-4-3-5-11-18/h3-5,10-11,16-17,19-20,22,26H,2,6-9,12-15,23H2,1H3/t16-,17+,19-,20-,22+/m0/s1. The molecule has 3 N–H and O–H groups in total. The van der Waals surface area contributed by atoms with E-state index in [-0.39, 0.29) is 12.1 Å². The van der Waals surface area contributed by atoms with Crippen LogP contribution in [-0.2, 0) is 4.79 Å². The molecule has 2 fully saturated rings. The van der Waals surface area contributed by atoms with E-state index in [1.807, 2.05) is 25.1 Å². The first-order valence-electron chi connectivity index (χ1n) is 10.5. The Balaban J connectivity index is 1.57. The van der Waals surface area contributed by atoms with Gasteiger partial charge in [-0.15, -0.1) is 11.8 Å². The Kier molecular flexibility index (Phi) is 7.76. The molecule has 1 saturated heterocycles. The molecule has 27 heavy (non-hydrogen) atoms. The van der Waals surface area contributed by atoms with E-state index in [1.54, 1.807) is 11.8 Å². The minimum absolute atomic E-state index is 0.0297. The molecule has 1 saturated carbocycles. The van der Waals surface area contributed by atoms with Crippen molar-refractivity contribution in [1.29, 1.82) is 0 Å². The molecule has 1 aromatic carbocycles. The summed E-state index contributed by atoms with van der Waals surface area (Å²) in [7, 11) is 0. The van der Waals surface area contributed by atoms with Crippen molar-refractivity contribution in [3.05, 3.63) is 30.3 Å². The van der Waals surface area contributed by atoms with E-state index in [0.717, 1.165) is 13.0 Å². The van der Waals surface area contributed by atoms with Crippen LogP contribution in [0.3, 0.4) is 0 Å². The number of piperidine rings is 1. The molecule has 0 amide bonds. The maximum atomic E-state index is 12.6. The predicted molar refractivity (Wildman–Crippen MR) is 112 cm³/mol. The number of aliphatic hydroxyl groups excluding tert-OH is 1. The highest BCUT2D eigenvalue weighted by atomic mass is 32.2. The molecule has 3 rings (SSSR count). The first kappa shape index (κ1) is 20.8. The fraction of sp³-hybridized carbons (Fsp3) is 0.682. The van der Waals surface area contributed by atoms with Crippen LogP contribution in [0.25, 0.3) is 0 Å². The Hall–Kier alpha value is -0.880. The molecule has 2 aliphatic rings. The molecule has 4 nitrogen and oxygen atoms in total. The molecule has 0 bridgehead atoms. The van der Waals surface area contributed by atoms with Gasteiger partial charge in [0.05, 0.1) is 12.1 Å². The summed E-state index contributed by atoms with van der Waals surface area (Å²) < 4.78 is 0. The van der Waals surface area contributed by atoms with Crippen LogP contribution in [0.2, 0.25) is 0 Å². The lowest BCUT2D eigenvalue weighted by molar-refractivity contribution is -0.128. The first-order chi connectivity index (χ1) is 13.1. The molecule has 0 radical (unpaired) electrons. The van der Waals surface area contributed by atoms with Crippen molar-refractivity contribution in [1.82, 2.24) is 4.90 Å². The third-order valence-corrected chi connectivity index (χ3v) is 7.48. The second-order valence-corrected chi connectivity index (χ2v) is 9.28. The number of β-amino-alcohol motifs (C(OH)–C–C–N with tert-alkyl or cyclic N) is 1. The molecular formula is C22H34N2O2S. The third kappa shape index (κ3) is 5.57. The van der Waals surface area contributed by atoms with Gasteiger partial charge in [-0.2, -0.15) is 0 Å². The molecule has 0 unspecified atom stereocenters. The summed E-state index contributed by atoms with van der Waals surface area (Å²) in [6.45, 7) is 3.40. The topological polar surface area (TPSA) is 66.6 Å². The number of carbonyl (C=O) groups is 1. The second-order valence-electron chi connectivity index (χ2n) is 8.19. The summed E-state index contributed by atoms with van der Waals surface area (Å²) in [6, 6.07) is 9.83. The van der Waals surface area contributed by atoms with Crippen LogP contribution in [0.5, 0.6) is 0 Å². The number of aliphatic hydroxyl groups is 1. The minimum atomic E-state index is -0.603. The van der Waals surface area contributed by atoms with E-state index in [9.17, 15) is 9.90 Å². The maximum absolute atomic E-state index is 12.6. The lowest BCUT2D eigenvalue weighted by Crippen LogP contribution is -2.56. The van der Waals surface area contributed by atoms with Crippen LogP contribution in [0.4, 0.5) is 0 Å². The van der Waals surface area contributed by atoms with Gasteiger partial charge in [0.2, 0.25) is 0 Å². The summed E-state index contributed by atoms with van der Waals surface area (Å²) in [5, 5.41) is 10.7. The van der Waals surface area contributed by atoms with Gasteiger partial charge < -0.3 is 10.8 Å². The first-order valence-corrected chi connectivity index (χ1v) is 11.4. The van der Waals surface area contributed by atoms with Crippen molar-refractivity contribution in [2.75, 3.05) is 18.8 Å². The summed E-state index contributed by atoms with van der Waals surface area (Å²) in [4.78, 5) is 16.0. The molecule has 1 aliphatic carbocycles. The van der Waals surface area contributed by atoms with Gasteiger partial charge in [-0.05, 0) is 36.8 Å². The largest absolute Gasteiger partial charge is 0.390 e. The smallest absolute Gasteiger partial charge is 0.149 e. The number of benzene rings is 1. The fourth-order valence-corrected chi connectivity index (χ4v) is 5.62. The van der Waals surface area contributed by atoms with Gasteiger partial charge in [0, 0.05) is 36.2 Å². The fourth-order valence-electron chi connectivity index (χ4n) is 4.67. The van der Waals surface area contributed by atoms with Crippen LogP contribution in [-0.4, -0.2) is 52.8 Å². The summed E-state index contributed by atoms with van der Waals surface area (Å²) in [6.07, 6.45) is 6.08. The molecular weight excluding hydrogens is 356 g/mol. The van der Waals surface area contributed by atoms with E-state index >= 15 is 0 Å². The number of hydrogen-bond donors (Lipinski definition) is 2. The van der Waals surface area contributed by atoms with Gasteiger partial charge in [-0.3, -0.25) is 9.69 Å². The van der Waals surface area contributed by atoms with Gasteiger partial charge in [0.25, 0.3) is 0 Å². The van der Waals surface area contributed by atoms with Crippen molar-refractivity contribution >= 4 is 17.5 Å². The summed E-state index contributed by atoms with van der Waals surface area (Å²) in [5.74, 6) is 2.37. The molecule has 1 heterocycles. The zero-order valence-corrected chi connectivity index (χ0v) is 17.2. The van der Waals surface area contributed by atoms with Crippen LogP contribution >= 0.6 is 11.8 Å². The molecule has 150 valence electrons. The minimum Gasteiger partial charge on any atom is -0.390 e. The van der Waals surface area contributed by atoms with Gasteiger partial charge >= 0.3 is 0 Å². The number of nitrogens with zero attached hydrogens (tertiary/aromatic N) is 1. The summed E-state index contributed by atoms with van der Waals surface area (Å²) in [5.41, 5.74) is 6.29. The molecule has 5 atom stereocenters. The maximum Gasteiger partial charge on any atom is 0.149 e. The van der Waals surface area contributed by atoms with Crippen LogP contribution in [0, 0.1) is 11.8 Å². The molecule has 5 heteroatoms. The monoisotopic (exact) mass is 390 g/mol. The van der Waals surface area contributed by atoms with Crippen LogP contribution < -0.4 is 5.73 Å². The van der Waals surface area contributed by atoms with Crippen molar-refractivity contribution < 1.29 is 9.90 Å². The van der Waals surface area contributed by atoms with Crippen LogP contribution in [0.1, 0.15) is 45.4 Å². The van der Waals surface area contributed by atoms with Gasteiger partial charge in [-0.25, -0.2) is 0 Å². The second kappa shape index (κ2) is 10.1. The van der Waals surface area contributed by atoms with Crippen LogP contribution in [0.15, 0.2) is 35.2 Å². The Morgan fingerprint density at radius 2 is 1.96 bits per heavy atom. The highest BCUT2D eigenvalue weighted by Crippen LogP contribution is 2.39.